The molecule has 5 heteroatoms. The highest BCUT2D eigenvalue weighted by Gasteiger charge is 2.27. The Morgan fingerprint density at radius 1 is 1.14 bits per heavy atom. The number of benzene rings is 1. The van der Waals surface area contributed by atoms with Crippen molar-refractivity contribution in [3.63, 3.8) is 0 Å². The molecule has 2 unspecified atom stereocenters. The molecule has 1 fully saturated rings. The standard InChI is InChI=1S/C16H26N2O3/c1-19-14-4-5-18(13(8-14)10-17)11-12-6-15(20-2)9-16(7-12)21-3/h6-7,9,13-14H,4-5,8,10-11,17H2,1-3H3. The van der Waals surface area contributed by atoms with Crippen LogP contribution >= 0.6 is 0 Å². The van der Waals surface area contributed by atoms with Crippen LogP contribution in [0.3, 0.4) is 0 Å². The molecule has 1 aromatic rings. The van der Waals surface area contributed by atoms with E-state index in [9.17, 15) is 0 Å². The van der Waals surface area contributed by atoms with E-state index in [1.165, 1.54) is 5.56 Å². The van der Waals surface area contributed by atoms with Gasteiger partial charge in [-0.3, -0.25) is 4.90 Å². The number of nitrogens with zero attached hydrogens (tertiary/aromatic N) is 1. The smallest absolute Gasteiger partial charge is 0.122 e. The van der Waals surface area contributed by atoms with Gasteiger partial charge in [-0.15, -0.1) is 0 Å². The molecule has 1 aliphatic heterocycles. The normalized spacial score (nSPS) is 23.0. The van der Waals surface area contributed by atoms with Crippen LogP contribution in [0.15, 0.2) is 18.2 Å². The molecular formula is C16H26N2O3. The summed E-state index contributed by atoms with van der Waals surface area (Å²) in [4.78, 5) is 2.42. The lowest BCUT2D eigenvalue weighted by molar-refractivity contribution is 0.0102. The van der Waals surface area contributed by atoms with Crippen molar-refractivity contribution in [2.45, 2.75) is 31.5 Å². The first-order valence-corrected chi connectivity index (χ1v) is 7.39. The van der Waals surface area contributed by atoms with Gasteiger partial charge in [-0.25, -0.2) is 0 Å². The topological polar surface area (TPSA) is 57.0 Å². The summed E-state index contributed by atoms with van der Waals surface area (Å²) in [5.74, 6) is 1.64. The molecule has 0 radical (unpaired) electrons. The SMILES string of the molecule is COc1cc(CN2CCC(OC)CC2CN)cc(OC)c1. The van der Waals surface area contributed by atoms with Crippen molar-refractivity contribution in [3.8, 4) is 11.5 Å². The van der Waals surface area contributed by atoms with Gasteiger partial charge in [0, 0.05) is 38.9 Å². The number of methoxy groups -OCH3 is 3. The lowest BCUT2D eigenvalue weighted by Crippen LogP contribution is -2.47. The molecule has 0 saturated carbocycles. The maximum atomic E-state index is 5.93. The average Bonchev–Trinajstić information content (AvgIpc) is 2.54. The second-order valence-electron chi connectivity index (χ2n) is 5.46. The van der Waals surface area contributed by atoms with Gasteiger partial charge in [-0.2, -0.15) is 0 Å². The first-order chi connectivity index (χ1) is 10.2. The van der Waals surface area contributed by atoms with Crippen molar-refractivity contribution in [2.75, 3.05) is 34.4 Å². The van der Waals surface area contributed by atoms with E-state index in [-0.39, 0.29) is 0 Å². The number of ether oxygens (including phenoxy) is 3. The predicted octanol–water partition coefficient (Wildman–Crippen LogP) is 1.64. The summed E-state index contributed by atoms with van der Waals surface area (Å²) in [7, 11) is 5.12. The first-order valence-electron chi connectivity index (χ1n) is 7.39. The second kappa shape index (κ2) is 7.64. The number of nitrogens with two attached hydrogens (primary N) is 1. The van der Waals surface area contributed by atoms with E-state index in [1.807, 2.05) is 6.07 Å². The fourth-order valence-electron chi connectivity index (χ4n) is 2.92. The van der Waals surface area contributed by atoms with Crippen LogP contribution in [-0.2, 0) is 11.3 Å². The third kappa shape index (κ3) is 4.09. The van der Waals surface area contributed by atoms with Crippen LogP contribution in [0, 0.1) is 0 Å². The van der Waals surface area contributed by atoms with Crippen LogP contribution in [-0.4, -0.2) is 51.5 Å². The summed E-state index contributed by atoms with van der Waals surface area (Å²) in [6.45, 7) is 2.51. The zero-order valence-electron chi connectivity index (χ0n) is 13.2. The molecule has 1 aromatic carbocycles. The molecule has 2 rings (SSSR count). The van der Waals surface area contributed by atoms with E-state index in [1.54, 1.807) is 21.3 Å². The number of hydrogen-bond donors (Lipinski definition) is 1. The molecule has 21 heavy (non-hydrogen) atoms. The van der Waals surface area contributed by atoms with E-state index >= 15 is 0 Å². The van der Waals surface area contributed by atoms with E-state index in [4.69, 9.17) is 19.9 Å². The molecule has 0 amide bonds. The van der Waals surface area contributed by atoms with Gasteiger partial charge < -0.3 is 19.9 Å². The number of likely N-dealkylation sites (tertiary alicyclic amines) is 1. The van der Waals surface area contributed by atoms with Gasteiger partial charge >= 0.3 is 0 Å². The van der Waals surface area contributed by atoms with E-state index in [0.29, 0.717) is 18.7 Å². The highest BCUT2D eigenvalue weighted by molar-refractivity contribution is 5.38. The lowest BCUT2D eigenvalue weighted by atomic mass is 9.98. The fraction of sp³-hybridized carbons (Fsp3) is 0.625. The minimum Gasteiger partial charge on any atom is -0.497 e. The Morgan fingerprint density at radius 3 is 2.33 bits per heavy atom. The van der Waals surface area contributed by atoms with Crippen LogP contribution in [0.5, 0.6) is 11.5 Å². The fourth-order valence-corrected chi connectivity index (χ4v) is 2.92. The molecular weight excluding hydrogens is 268 g/mol. The van der Waals surface area contributed by atoms with Gasteiger partial charge in [-0.1, -0.05) is 0 Å². The summed E-state index contributed by atoms with van der Waals surface area (Å²) in [6.07, 6.45) is 2.37. The summed E-state index contributed by atoms with van der Waals surface area (Å²) in [5, 5.41) is 0. The summed E-state index contributed by atoms with van der Waals surface area (Å²) in [5.41, 5.74) is 7.11. The summed E-state index contributed by atoms with van der Waals surface area (Å²) in [6, 6.07) is 6.36. The summed E-state index contributed by atoms with van der Waals surface area (Å²) < 4.78 is 16.1. The van der Waals surface area contributed by atoms with E-state index in [2.05, 4.69) is 17.0 Å². The van der Waals surface area contributed by atoms with Crippen LogP contribution in [0.4, 0.5) is 0 Å². The molecule has 2 atom stereocenters. The molecule has 0 aromatic heterocycles. The van der Waals surface area contributed by atoms with Gasteiger partial charge in [-0.05, 0) is 30.5 Å². The van der Waals surface area contributed by atoms with Crippen molar-refractivity contribution in [3.05, 3.63) is 23.8 Å². The quantitative estimate of drug-likeness (QED) is 0.864. The van der Waals surface area contributed by atoms with Crippen molar-refractivity contribution in [1.82, 2.24) is 4.90 Å². The monoisotopic (exact) mass is 294 g/mol. The molecule has 0 bridgehead atoms. The third-order valence-electron chi connectivity index (χ3n) is 4.19. The molecule has 1 saturated heterocycles. The van der Waals surface area contributed by atoms with Crippen molar-refractivity contribution >= 4 is 0 Å². The Labute approximate surface area is 127 Å². The molecule has 118 valence electrons. The van der Waals surface area contributed by atoms with E-state index < -0.39 is 0 Å². The number of piperidine rings is 1. The third-order valence-corrected chi connectivity index (χ3v) is 4.19. The Kier molecular flexibility index (Phi) is 5.85. The van der Waals surface area contributed by atoms with Crippen LogP contribution in [0.1, 0.15) is 18.4 Å². The van der Waals surface area contributed by atoms with Crippen molar-refractivity contribution < 1.29 is 14.2 Å². The molecule has 0 aliphatic carbocycles. The Hall–Kier alpha value is -1.30. The van der Waals surface area contributed by atoms with Gasteiger partial charge in [0.05, 0.1) is 20.3 Å². The minimum atomic E-state index is 0.328. The minimum absolute atomic E-state index is 0.328. The van der Waals surface area contributed by atoms with Gasteiger partial charge in [0.1, 0.15) is 11.5 Å². The van der Waals surface area contributed by atoms with Crippen molar-refractivity contribution in [2.24, 2.45) is 5.73 Å². The average molecular weight is 294 g/mol. The van der Waals surface area contributed by atoms with E-state index in [0.717, 1.165) is 37.4 Å². The maximum Gasteiger partial charge on any atom is 0.122 e. The first kappa shape index (κ1) is 16.1. The number of rotatable bonds is 6. The Bertz CT molecular complexity index is 431. The zero-order chi connectivity index (χ0) is 15.2. The largest absolute Gasteiger partial charge is 0.497 e. The second-order valence-corrected chi connectivity index (χ2v) is 5.46. The zero-order valence-corrected chi connectivity index (χ0v) is 13.2. The van der Waals surface area contributed by atoms with Crippen LogP contribution < -0.4 is 15.2 Å². The Balaban J connectivity index is 2.09. The molecule has 0 spiro atoms. The van der Waals surface area contributed by atoms with Crippen molar-refractivity contribution in [1.29, 1.82) is 0 Å². The van der Waals surface area contributed by atoms with Crippen LogP contribution in [0.2, 0.25) is 0 Å². The Morgan fingerprint density at radius 2 is 1.81 bits per heavy atom. The highest BCUT2D eigenvalue weighted by atomic mass is 16.5. The van der Waals surface area contributed by atoms with Gasteiger partial charge in [0.2, 0.25) is 0 Å². The molecule has 2 N–H and O–H groups in total. The maximum absolute atomic E-state index is 5.93. The summed E-state index contributed by atoms with van der Waals surface area (Å²) >= 11 is 0. The molecule has 1 heterocycles. The highest BCUT2D eigenvalue weighted by Crippen LogP contribution is 2.26. The predicted molar refractivity (Wildman–Crippen MR) is 82.8 cm³/mol. The lowest BCUT2D eigenvalue weighted by Gasteiger charge is -2.38. The van der Waals surface area contributed by atoms with Gasteiger partial charge in [0.25, 0.3) is 0 Å². The van der Waals surface area contributed by atoms with Crippen LogP contribution in [0.25, 0.3) is 0 Å². The number of hydrogen-bond acceptors (Lipinski definition) is 5. The molecule has 5 nitrogen and oxygen atoms in total. The van der Waals surface area contributed by atoms with Gasteiger partial charge in [0.15, 0.2) is 0 Å². The molecule has 1 aliphatic rings.